The molecule has 27 heteroatoms. The lowest BCUT2D eigenvalue weighted by molar-refractivity contribution is -0.143. The Hall–Kier alpha value is -8.52. The van der Waals surface area contributed by atoms with Crippen LogP contribution in [-0.2, 0) is 54.4 Å². The number of carbonyl (C=O) groups is 10. The molecule has 8 atom stereocenters. The first kappa shape index (κ1) is 64.8. The summed E-state index contributed by atoms with van der Waals surface area (Å²) in [5.41, 5.74) is 33.8. The second kappa shape index (κ2) is 32.9. The lowest BCUT2D eigenvalue weighted by atomic mass is 9.99. The minimum atomic E-state index is -1.66. The molecule has 1 saturated heterocycles. The van der Waals surface area contributed by atoms with E-state index in [1.807, 2.05) is 6.92 Å². The SMILES string of the molecule is CCOc1ccc(C[C@@H](NC(=O)CC)C(=O)N[C@H](C(=O)N[C@H](C(=O)N[C@@H](CC(N)=O)C(=O)N[C@@H](CC)C(=O)N2CCC[C@H]2C(=O)N[C@@H](CCCN=C(N)N)C(=O)N[C@@H](CCCN=C(N)N)C(N)=O)C(C)C)c2ccccc2)cc1. The third kappa shape index (κ3) is 21.8. The van der Waals surface area contributed by atoms with Gasteiger partial charge < -0.3 is 81.3 Å². The Morgan fingerprint density at radius 3 is 1.75 bits per heavy atom. The predicted octanol–water partition coefficient (Wildman–Crippen LogP) is -2.67. The molecule has 0 unspecified atom stereocenters. The first-order valence-corrected chi connectivity index (χ1v) is 26.4. The molecule has 2 aromatic rings. The Kier molecular flexibility index (Phi) is 27.0. The maximum Gasteiger partial charge on any atom is 0.247 e. The van der Waals surface area contributed by atoms with Gasteiger partial charge in [0.2, 0.25) is 59.1 Å². The van der Waals surface area contributed by atoms with Crippen LogP contribution in [0.4, 0.5) is 0 Å². The molecule has 2 aromatic carbocycles. The van der Waals surface area contributed by atoms with E-state index in [1.54, 1.807) is 82.3 Å². The Labute approximate surface area is 459 Å². The summed E-state index contributed by atoms with van der Waals surface area (Å²) in [6.45, 7) is 9.08. The summed E-state index contributed by atoms with van der Waals surface area (Å²) < 4.78 is 5.53. The van der Waals surface area contributed by atoms with E-state index < -0.39 is 120 Å². The molecule has 1 heterocycles. The molecule has 0 spiro atoms. The molecule has 19 N–H and O–H groups in total. The van der Waals surface area contributed by atoms with Gasteiger partial charge in [0.25, 0.3) is 0 Å². The summed E-state index contributed by atoms with van der Waals surface area (Å²) in [6.07, 6.45) is 0.521. The molecule has 0 aliphatic carbocycles. The number of hydrogen-bond donors (Lipinski definition) is 13. The van der Waals surface area contributed by atoms with Crippen LogP contribution in [0.5, 0.6) is 5.75 Å². The minimum Gasteiger partial charge on any atom is -0.494 e. The number of guanidine groups is 2. The first-order chi connectivity index (χ1) is 37.5. The van der Waals surface area contributed by atoms with Crippen molar-refractivity contribution in [1.29, 1.82) is 0 Å². The number of nitrogens with two attached hydrogens (primary N) is 6. The van der Waals surface area contributed by atoms with Gasteiger partial charge in [-0.25, -0.2) is 0 Å². The highest BCUT2D eigenvalue weighted by Crippen LogP contribution is 2.21. The van der Waals surface area contributed by atoms with Crippen LogP contribution in [0.15, 0.2) is 64.6 Å². The maximum atomic E-state index is 14.3. The van der Waals surface area contributed by atoms with Crippen molar-refractivity contribution in [2.75, 3.05) is 26.2 Å². The Bertz CT molecular complexity index is 2470. The van der Waals surface area contributed by atoms with Crippen molar-refractivity contribution in [2.45, 2.75) is 147 Å². The number of rotatable bonds is 33. The van der Waals surface area contributed by atoms with Gasteiger partial charge in [-0.2, -0.15) is 0 Å². The fourth-order valence-corrected chi connectivity index (χ4v) is 8.48. The molecule has 79 heavy (non-hydrogen) atoms. The number of primary amides is 2. The van der Waals surface area contributed by atoms with Crippen LogP contribution in [-0.4, -0.2) is 144 Å². The van der Waals surface area contributed by atoms with Gasteiger partial charge >= 0.3 is 0 Å². The average molecular weight is 1110 g/mol. The number of aliphatic imine (C=N–C) groups is 2. The van der Waals surface area contributed by atoms with Crippen molar-refractivity contribution >= 4 is 71.0 Å². The quantitative estimate of drug-likeness (QED) is 0.0197. The number of nitrogens with zero attached hydrogens (tertiary/aromatic N) is 3. The van der Waals surface area contributed by atoms with Crippen molar-refractivity contribution in [2.24, 2.45) is 50.3 Å². The largest absolute Gasteiger partial charge is 0.494 e. The molecule has 0 saturated carbocycles. The van der Waals surface area contributed by atoms with Crippen LogP contribution in [0.3, 0.4) is 0 Å². The highest BCUT2D eigenvalue weighted by Gasteiger charge is 2.40. The number of hydrogen-bond acceptors (Lipinski definition) is 13. The topological polar surface area (TPSA) is 448 Å². The summed E-state index contributed by atoms with van der Waals surface area (Å²) in [4.78, 5) is 145. The van der Waals surface area contributed by atoms with E-state index in [1.165, 1.54) is 4.90 Å². The first-order valence-electron chi connectivity index (χ1n) is 26.4. The number of amides is 10. The third-order valence-electron chi connectivity index (χ3n) is 12.7. The van der Waals surface area contributed by atoms with Crippen LogP contribution in [0.1, 0.15) is 110 Å². The van der Waals surface area contributed by atoms with Crippen LogP contribution >= 0.6 is 0 Å². The summed E-state index contributed by atoms with van der Waals surface area (Å²) in [7, 11) is 0. The monoisotopic (exact) mass is 1100 g/mol. The lowest BCUT2D eigenvalue weighted by Gasteiger charge is -2.31. The van der Waals surface area contributed by atoms with Gasteiger partial charge in [-0.1, -0.05) is 70.2 Å². The van der Waals surface area contributed by atoms with Crippen LogP contribution in [0, 0.1) is 5.92 Å². The summed E-state index contributed by atoms with van der Waals surface area (Å²) in [6, 6.07) is 4.81. The Balaban J connectivity index is 1.81. The van der Waals surface area contributed by atoms with E-state index in [0.717, 1.165) is 0 Å². The number of ether oxygens (including phenoxy) is 1. The van der Waals surface area contributed by atoms with Crippen LogP contribution in [0.25, 0.3) is 0 Å². The van der Waals surface area contributed by atoms with Crippen LogP contribution < -0.4 is 76.4 Å². The molecule has 3 rings (SSSR count). The second-order valence-corrected chi connectivity index (χ2v) is 19.2. The number of likely N-dealkylation sites (tertiary alicyclic amines) is 1. The molecule has 10 amide bonds. The fourth-order valence-electron chi connectivity index (χ4n) is 8.48. The molecule has 1 aliphatic rings. The van der Waals surface area contributed by atoms with Gasteiger partial charge in [0.15, 0.2) is 11.9 Å². The van der Waals surface area contributed by atoms with Gasteiger partial charge in [-0.3, -0.25) is 57.9 Å². The molecule has 434 valence electrons. The summed E-state index contributed by atoms with van der Waals surface area (Å²) in [5.74, 6) is -8.18. The van der Waals surface area contributed by atoms with Crippen molar-refractivity contribution in [3.63, 3.8) is 0 Å². The van der Waals surface area contributed by atoms with Gasteiger partial charge in [-0.05, 0) is 81.0 Å². The van der Waals surface area contributed by atoms with E-state index in [0.29, 0.717) is 29.9 Å². The van der Waals surface area contributed by atoms with Crippen molar-refractivity contribution in [1.82, 2.24) is 42.1 Å². The molecular weight excluding hydrogens is 1020 g/mol. The second-order valence-electron chi connectivity index (χ2n) is 19.2. The van der Waals surface area contributed by atoms with Crippen molar-refractivity contribution in [3.8, 4) is 5.75 Å². The maximum absolute atomic E-state index is 14.3. The number of carbonyl (C=O) groups excluding carboxylic acids is 10. The van der Waals surface area contributed by atoms with Crippen molar-refractivity contribution in [3.05, 3.63) is 65.7 Å². The molecule has 0 bridgehead atoms. The summed E-state index contributed by atoms with van der Waals surface area (Å²) in [5, 5.41) is 18.5. The predicted molar refractivity (Wildman–Crippen MR) is 293 cm³/mol. The standard InChI is InChI=1S/C52H80N16O11/c1-6-33(50(78)68-26-14-19-38(68)47(75)64-35(18-13-25-60-52(57)58)44(72)63-34(43(54)71)17-12-24-59-51(55)56)62-45(73)37(28-39(53)69)65-48(76)41(29(4)5)66-49(77)42(31-15-10-9-11-16-31)67-46(74)36(61-40(70)7-2)27-30-20-22-32(23-21-30)79-8-3/h9-11,15-16,20-23,29,33-38,41-42H,6-8,12-14,17-19,24-28H2,1-5H3,(H2,53,69)(H2,54,71)(H,61,70)(H,62,73)(H,63,72)(H,64,75)(H,65,76)(H,66,77)(H,67,74)(H4,55,56,59)(H4,57,58,60)/t33-,34-,35-,36+,37-,38-,41-,42-/m0/s1. The van der Waals surface area contributed by atoms with E-state index >= 15 is 0 Å². The Morgan fingerprint density at radius 2 is 1.20 bits per heavy atom. The smallest absolute Gasteiger partial charge is 0.247 e. The zero-order chi connectivity index (χ0) is 58.8. The van der Waals surface area contributed by atoms with E-state index in [9.17, 15) is 47.9 Å². The average Bonchev–Trinajstić information content (AvgIpc) is 3.92. The molecular formula is C52H80N16O11. The van der Waals surface area contributed by atoms with Gasteiger partial charge in [0, 0.05) is 32.5 Å². The zero-order valence-corrected chi connectivity index (χ0v) is 45.6. The number of benzene rings is 2. The molecule has 1 aliphatic heterocycles. The molecule has 1 fully saturated rings. The summed E-state index contributed by atoms with van der Waals surface area (Å²) >= 11 is 0. The van der Waals surface area contributed by atoms with Crippen LogP contribution in [0.2, 0.25) is 0 Å². The molecule has 0 radical (unpaired) electrons. The van der Waals surface area contributed by atoms with E-state index in [4.69, 9.17) is 39.1 Å². The normalized spacial score (nSPS) is 15.5. The third-order valence-corrected chi connectivity index (χ3v) is 12.7. The van der Waals surface area contributed by atoms with Gasteiger partial charge in [-0.15, -0.1) is 0 Å². The fraction of sp³-hybridized carbons (Fsp3) is 0.538. The van der Waals surface area contributed by atoms with Gasteiger partial charge in [0.05, 0.1) is 13.0 Å². The number of nitrogens with one attached hydrogen (secondary N) is 7. The molecule has 0 aromatic heterocycles. The zero-order valence-electron chi connectivity index (χ0n) is 45.6. The van der Waals surface area contributed by atoms with Crippen molar-refractivity contribution < 1.29 is 52.7 Å². The van der Waals surface area contributed by atoms with E-state index in [2.05, 4.69) is 47.2 Å². The highest BCUT2D eigenvalue weighted by molar-refractivity contribution is 5.99. The van der Waals surface area contributed by atoms with Gasteiger partial charge in [0.1, 0.15) is 54.1 Å². The molecule has 27 nitrogen and oxygen atoms in total. The lowest BCUT2D eigenvalue weighted by Crippen LogP contribution is -2.60. The highest BCUT2D eigenvalue weighted by atomic mass is 16.5. The van der Waals surface area contributed by atoms with E-state index in [-0.39, 0.29) is 82.9 Å². The Morgan fingerprint density at radius 1 is 0.633 bits per heavy atom. The minimum absolute atomic E-state index is 0.00711.